The van der Waals surface area contributed by atoms with Crippen molar-refractivity contribution in [1.82, 2.24) is 19.7 Å². The Morgan fingerprint density at radius 1 is 1.28 bits per heavy atom. The van der Waals surface area contributed by atoms with Crippen molar-refractivity contribution < 1.29 is 0 Å². The fourth-order valence-electron chi connectivity index (χ4n) is 2.69. The largest absolute Gasteiger partial charge is 0.320 e. The van der Waals surface area contributed by atoms with Crippen molar-refractivity contribution in [2.24, 2.45) is 7.05 Å². The highest BCUT2D eigenvalue weighted by Gasteiger charge is 2.26. The van der Waals surface area contributed by atoms with Gasteiger partial charge in [-0.2, -0.15) is 0 Å². The van der Waals surface area contributed by atoms with Gasteiger partial charge in [0.2, 0.25) is 0 Å². The molecule has 3 rings (SSSR count). The first-order valence-corrected chi connectivity index (χ1v) is 6.43. The van der Waals surface area contributed by atoms with Gasteiger partial charge in [-0.3, -0.25) is 4.90 Å². The Bertz CT molecular complexity index is 506. The number of likely N-dealkylation sites (tertiary alicyclic amines) is 1. The molecule has 1 aromatic heterocycles. The lowest BCUT2D eigenvalue weighted by Gasteiger charge is -2.15. The monoisotopic (exact) mass is 242 g/mol. The van der Waals surface area contributed by atoms with Crippen LogP contribution < -0.4 is 0 Å². The van der Waals surface area contributed by atoms with E-state index in [1.807, 2.05) is 11.6 Å². The maximum atomic E-state index is 4.23. The summed E-state index contributed by atoms with van der Waals surface area (Å²) in [5, 5.41) is 8.20. The van der Waals surface area contributed by atoms with E-state index in [0.717, 1.165) is 25.5 Å². The van der Waals surface area contributed by atoms with E-state index < -0.39 is 0 Å². The molecular weight excluding hydrogens is 224 g/mol. The Hall–Kier alpha value is -1.68. The molecule has 1 atom stereocenters. The van der Waals surface area contributed by atoms with E-state index in [2.05, 4.69) is 45.4 Å². The lowest BCUT2D eigenvalue weighted by atomic mass is 10.1. The highest BCUT2D eigenvalue weighted by atomic mass is 15.3. The lowest BCUT2D eigenvalue weighted by Crippen LogP contribution is -2.20. The Morgan fingerprint density at radius 3 is 2.83 bits per heavy atom. The topological polar surface area (TPSA) is 34.0 Å². The van der Waals surface area contributed by atoms with Gasteiger partial charge in [-0.05, 0) is 18.5 Å². The molecule has 2 aromatic rings. The minimum atomic E-state index is 0.529. The molecule has 0 aliphatic carbocycles. The van der Waals surface area contributed by atoms with Crippen molar-refractivity contribution in [3.8, 4) is 0 Å². The van der Waals surface area contributed by atoms with Gasteiger partial charge in [-0.25, -0.2) is 0 Å². The fourth-order valence-corrected chi connectivity index (χ4v) is 2.69. The van der Waals surface area contributed by atoms with Crippen LogP contribution in [0.3, 0.4) is 0 Å². The summed E-state index contributed by atoms with van der Waals surface area (Å²) in [7, 11) is 2.02. The lowest BCUT2D eigenvalue weighted by molar-refractivity contribution is 0.325. The predicted octanol–water partition coefficient (Wildman–Crippen LogP) is 1.80. The van der Waals surface area contributed by atoms with Gasteiger partial charge in [0.05, 0.1) is 0 Å². The van der Waals surface area contributed by atoms with E-state index in [9.17, 15) is 0 Å². The molecule has 1 aliphatic heterocycles. The molecule has 0 spiro atoms. The molecule has 94 valence electrons. The Balaban J connectivity index is 1.64. The zero-order valence-electron chi connectivity index (χ0n) is 10.7. The molecule has 0 unspecified atom stereocenters. The third-order valence-electron chi connectivity index (χ3n) is 3.63. The molecule has 0 N–H and O–H groups in total. The first kappa shape index (κ1) is 11.4. The van der Waals surface area contributed by atoms with Crippen LogP contribution in [0.4, 0.5) is 0 Å². The maximum Gasteiger partial charge on any atom is 0.136 e. The Morgan fingerprint density at radius 2 is 2.11 bits per heavy atom. The molecule has 0 saturated carbocycles. The number of benzene rings is 1. The van der Waals surface area contributed by atoms with Crippen LogP contribution in [0.5, 0.6) is 0 Å². The van der Waals surface area contributed by atoms with E-state index in [1.165, 1.54) is 12.0 Å². The van der Waals surface area contributed by atoms with Crippen LogP contribution in [0.15, 0.2) is 36.7 Å². The van der Waals surface area contributed by atoms with E-state index in [1.54, 1.807) is 6.33 Å². The van der Waals surface area contributed by atoms with Crippen LogP contribution in [0, 0.1) is 0 Å². The third kappa shape index (κ3) is 2.29. The quantitative estimate of drug-likeness (QED) is 0.823. The van der Waals surface area contributed by atoms with Gasteiger partial charge in [0.1, 0.15) is 12.2 Å². The summed E-state index contributed by atoms with van der Waals surface area (Å²) in [6.07, 6.45) is 2.97. The summed E-state index contributed by atoms with van der Waals surface area (Å²) in [6.45, 7) is 3.27. The summed E-state index contributed by atoms with van der Waals surface area (Å²) in [4.78, 5) is 2.49. The Labute approximate surface area is 107 Å². The summed E-state index contributed by atoms with van der Waals surface area (Å²) in [6, 6.07) is 10.7. The fraction of sp³-hybridized carbons (Fsp3) is 0.429. The van der Waals surface area contributed by atoms with E-state index >= 15 is 0 Å². The molecule has 2 heterocycles. The second-order valence-corrected chi connectivity index (χ2v) is 5.01. The van der Waals surface area contributed by atoms with E-state index in [4.69, 9.17) is 0 Å². The zero-order valence-corrected chi connectivity index (χ0v) is 10.7. The van der Waals surface area contributed by atoms with Gasteiger partial charge in [-0.15, -0.1) is 10.2 Å². The van der Waals surface area contributed by atoms with Gasteiger partial charge in [0.15, 0.2) is 0 Å². The van der Waals surface area contributed by atoms with Gasteiger partial charge in [0.25, 0.3) is 0 Å². The average Bonchev–Trinajstić information content (AvgIpc) is 2.99. The number of hydrogen-bond donors (Lipinski definition) is 0. The highest BCUT2D eigenvalue weighted by Crippen LogP contribution is 2.26. The molecule has 0 bridgehead atoms. The van der Waals surface area contributed by atoms with Crippen molar-refractivity contribution in [1.29, 1.82) is 0 Å². The van der Waals surface area contributed by atoms with Gasteiger partial charge >= 0.3 is 0 Å². The summed E-state index contributed by atoms with van der Waals surface area (Å²) in [5.41, 5.74) is 1.39. The highest BCUT2D eigenvalue weighted by molar-refractivity contribution is 5.15. The maximum absolute atomic E-state index is 4.23. The molecule has 4 nitrogen and oxygen atoms in total. The zero-order chi connectivity index (χ0) is 12.4. The minimum absolute atomic E-state index is 0.529. The average molecular weight is 242 g/mol. The summed E-state index contributed by atoms with van der Waals surface area (Å²) >= 11 is 0. The second kappa shape index (κ2) is 4.90. The third-order valence-corrected chi connectivity index (χ3v) is 3.63. The minimum Gasteiger partial charge on any atom is -0.320 e. The van der Waals surface area contributed by atoms with Crippen LogP contribution in [0.2, 0.25) is 0 Å². The molecule has 0 amide bonds. The molecule has 1 aliphatic rings. The normalized spacial score (nSPS) is 20.4. The van der Waals surface area contributed by atoms with Crippen LogP contribution in [-0.4, -0.2) is 32.8 Å². The smallest absolute Gasteiger partial charge is 0.136 e. The van der Waals surface area contributed by atoms with Gasteiger partial charge in [0, 0.05) is 26.1 Å². The number of aryl methyl sites for hydroxylation is 1. The van der Waals surface area contributed by atoms with Gasteiger partial charge < -0.3 is 4.57 Å². The molecule has 1 saturated heterocycles. The molecule has 1 aromatic carbocycles. The first-order valence-electron chi connectivity index (χ1n) is 6.43. The van der Waals surface area contributed by atoms with Crippen LogP contribution in [0.25, 0.3) is 0 Å². The molecule has 0 radical (unpaired) electrons. The molecular formula is C14H18N4. The standard InChI is InChI=1S/C14H18N4/c1-17-11-15-16-14(17)13-7-8-18(10-13)9-12-5-3-2-4-6-12/h2-6,11,13H,7-10H2,1H3/t13-/m0/s1. The van der Waals surface area contributed by atoms with E-state index in [0.29, 0.717) is 5.92 Å². The molecule has 4 heteroatoms. The Kier molecular flexibility index (Phi) is 3.11. The number of aromatic nitrogens is 3. The summed E-state index contributed by atoms with van der Waals surface area (Å²) in [5.74, 6) is 1.65. The van der Waals surface area contributed by atoms with Crippen LogP contribution in [0.1, 0.15) is 23.7 Å². The van der Waals surface area contributed by atoms with Crippen LogP contribution in [-0.2, 0) is 13.6 Å². The van der Waals surface area contributed by atoms with Crippen molar-refractivity contribution in [2.75, 3.05) is 13.1 Å². The van der Waals surface area contributed by atoms with Crippen molar-refractivity contribution in [3.63, 3.8) is 0 Å². The molecule has 18 heavy (non-hydrogen) atoms. The number of nitrogens with zero attached hydrogens (tertiary/aromatic N) is 4. The van der Waals surface area contributed by atoms with Crippen molar-refractivity contribution >= 4 is 0 Å². The predicted molar refractivity (Wildman–Crippen MR) is 70.1 cm³/mol. The SMILES string of the molecule is Cn1cnnc1[C@H]1CCN(Cc2ccccc2)C1. The van der Waals surface area contributed by atoms with Gasteiger partial charge in [-0.1, -0.05) is 30.3 Å². The van der Waals surface area contributed by atoms with E-state index in [-0.39, 0.29) is 0 Å². The molecule has 1 fully saturated rings. The van der Waals surface area contributed by atoms with Crippen LogP contribution >= 0.6 is 0 Å². The second-order valence-electron chi connectivity index (χ2n) is 5.01. The number of hydrogen-bond acceptors (Lipinski definition) is 3. The number of rotatable bonds is 3. The first-order chi connectivity index (χ1) is 8.83. The van der Waals surface area contributed by atoms with Crippen molar-refractivity contribution in [2.45, 2.75) is 18.9 Å². The summed E-state index contributed by atoms with van der Waals surface area (Å²) < 4.78 is 2.04. The van der Waals surface area contributed by atoms with Crippen molar-refractivity contribution in [3.05, 3.63) is 48.0 Å².